The van der Waals surface area contributed by atoms with Crippen molar-refractivity contribution < 1.29 is 0 Å². The monoisotopic (exact) mass is 302 g/mol. The van der Waals surface area contributed by atoms with Crippen molar-refractivity contribution in [2.75, 3.05) is 6.54 Å². The molecule has 1 heterocycles. The third-order valence-electron chi connectivity index (χ3n) is 3.81. The van der Waals surface area contributed by atoms with Crippen LogP contribution in [0.1, 0.15) is 59.9 Å². The summed E-state index contributed by atoms with van der Waals surface area (Å²) in [6.07, 6.45) is 3.23. The normalized spacial score (nSPS) is 12.6. The third kappa shape index (κ3) is 3.92. The van der Waals surface area contributed by atoms with Gasteiger partial charge in [-0.25, -0.2) is 4.98 Å². The van der Waals surface area contributed by atoms with E-state index in [2.05, 4.69) is 57.3 Å². The average Bonchev–Trinajstić information content (AvgIpc) is 2.89. The van der Waals surface area contributed by atoms with E-state index in [9.17, 15) is 0 Å². The fourth-order valence-corrected chi connectivity index (χ4v) is 3.60. The topological polar surface area (TPSA) is 24.9 Å². The van der Waals surface area contributed by atoms with E-state index in [-0.39, 0.29) is 6.04 Å². The predicted octanol–water partition coefficient (Wildman–Crippen LogP) is 4.67. The van der Waals surface area contributed by atoms with Gasteiger partial charge in [0, 0.05) is 4.88 Å². The molecule has 0 saturated carbocycles. The molecule has 1 aromatic carbocycles. The van der Waals surface area contributed by atoms with Gasteiger partial charge in [0.2, 0.25) is 0 Å². The second-order valence-corrected chi connectivity index (χ2v) is 6.63. The first-order valence-corrected chi connectivity index (χ1v) is 8.79. The Bertz CT molecular complexity index is 557. The van der Waals surface area contributed by atoms with E-state index < -0.39 is 0 Å². The summed E-state index contributed by atoms with van der Waals surface area (Å²) in [6.45, 7) is 9.77. The van der Waals surface area contributed by atoms with Crippen molar-refractivity contribution >= 4 is 11.3 Å². The number of benzene rings is 1. The summed E-state index contributed by atoms with van der Waals surface area (Å²) in [4.78, 5) is 6.20. The summed E-state index contributed by atoms with van der Waals surface area (Å²) < 4.78 is 0. The zero-order valence-electron chi connectivity index (χ0n) is 13.6. The van der Waals surface area contributed by atoms with E-state index in [1.165, 1.54) is 26.7 Å². The first-order chi connectivity index (χ1) is 10.2. The van der Waals surface area contributed by atoms with Crippen LogP contribution in [0.5, 0.6) is 0 Å². The molecular formula is C18H26N2S. The first-order valence-electron chi connectivity index (χ1n) is 7.97. The molecule has 0 fully saturated rings. The van der Waals surface area contributed by atoms with Gasteiger partial charge in [0.25, 0.3) is 0 Å². The highest BCUT2D eigenvalue weighted by atomic mass is 32.1. The van der Waals surface area contributed by atoms with Gasteiger partial charge in [-0.05, 0) is 43.9 Å². The van der Waals surface area contributed by atoms with Crippen molar-refractivity contribution in [2.24, 2.45) is 0 Å². The van der Waals surface area contributed by atoms with E-state index in [1.54, 1.807) is 0 Å². The number of hydrogen-bond donors (Lipinski definition) is 1. The van der Waals surface area contributed by atoms with Crippen LogP contribution >= 0.6 is 11.3 Å². The maximum atomic E-state index is 4.86. The summed E-state index contributed by atoms with van der Waals surface area (Å²) in [5.41, 5.74) is 3.94. The minimum Gasteiger partial charge on any atom is -0.304 e. The Labute approximate surface area is 132 Å². The van der Waals surface area contributed by atoms with Crippen molar-refractivity contribution in [1.82, 2.24) is 10.3 Å². The Morgan fingerprint density at radius 1 is 1.10 bits per heavy atom. The number of hydrogen-bond acceptors (Lipinski definition) is 3. The fourth-order valence-electron chi connectivity index (χ4n) is 2.48. The van der Waals surface area contributed by atoms with Gasteiger partial charge in [-0.1, -0.05) is 45.0 Å². The van der Waals surface area contributed by atoms with E-state index in [0.29, 0.717) is 0 Å². The van der Waals surface area contributed by atoms with Gasteiger partial charge in [-0.15, -0.1) is 11.3 Å². The van der Waals surface area contributed by atoms with Gasteiger partial charge >= 0.3 is 0 Å². The summed E-state index contributed by atoms with van der Waals surface area (Å²) in [5.74, 6) is 0. The van der Waals surface area contributed by atoms with Gasteiger partial charge in [0.05, 0.1) is 11.7 Å². The summed E-state index contributed by atoms with van der Waals surface area (Å²) in [7, 11) is 0. The van der Waals surface area contributed by atoms with Crippen molar-refractivity contribution in [3.63, 3.8) is 0 Å². The highest BCUT2D eigenvalue weighted by molar-refractivity contribution is 7.11. The predicted molar refractivity (Wildman–Crippen MR) is 92.2 cm³/mol. The van der Waals surface area contributed by atoms with E-state index >= 15 is 0 Å². The molecule has 0 aliphatic rings. The van der Waals surface area contributed by atoms with Crippen molar-refractivity contribution in [1.29, 1.82) is 0 Å². The molecule has 0 aliphatic heterocycles. The van der Waals surface area contributed by atoms with Crippen LogP contribution in [0.4, 0.5) is 0 Å². The lowest BCUT2D eigenvalue weighted by Crippen LogP contribution is -2.23. The highest BCUT2D eigenvalue weighted by Crippen LogP contribution is 2.28. The SMILES string of the molecule is CCCNC(c1ccc(CC)cc1)c1nc(CC)c(C)s1. The molecule has 0 aliphatic carbocycles. The van der Waals surface area contributed by atoms with Crippen LogP contribution in [0.15, 0.2) is 24.3 Å². The number of nitrogens with zero attached hydrogens (tertiary/aromatic N) is 1. The molecule has 0 radical (unpaired) electrons. The third-order valence-corrected chi connectivity index (χ3v) is 4.89. The van der Waals surface area contributed by atoms with Crippen LogP contribution in [0.25, 0.3) is 0 Å². The Morgan fingerprint density at radius 3 is 2.33 bits per heavy atom. The van der Waals surface area contributed by atoms with Crippen molar-refractivity contribution in [3.05, 3.63) is 51.0 Å². The zero-order chi connectivity index (χ0) is 15.2. The number of thiazole rings is 1. The van der Waals surface area contributed by atoms with Crippen LogP contribution in [0.2, 0.25) is 0 Å². The lowest BCUT2D eigenvalue weighted by Gasteiger charge is -2.17. The number of rotatable bonds is 7. The van der Waals surface area contributed by atoms with E-state index in [1.807, 2.05) is 11.3 Å². The van der Waals surface area contributed by atoms with Gasteiger partial charge in [-0.2, -0.15) is 0 Å². The molecule has 1 N–H and O–H groups in total. The van der Waals surface area contributed by atoms with Crippen LogP contribution < -0.4 is 5.32 Å². The molecule has 2 rings (SSSR count). The van der Waals surface area contributed by atoms with E-state index in [4.69, 9.17) is 4.98 Å². The molecular weight excluding hydrogens is 276 g/mol. The van der Waals surface area contributed by atoms with E-state index in [0.717, 1.165) is 25.8 Å². The molecule has 0 amide bonds. The molecule has 2 aromatic rings. The lowest BCUT2D eigenvalue weighted by molar-refractivity contribution is 0.594. The van der Waals surface area contributed by atoms with Gasteiger partial charge < -0.3 is 5.32 Å². The summed E-state index contributed by atoms with van der Waals surface area (Å²) in [5, 5.41) is 4.85. The second-order valence-electron chi connectivity index (χ2n) is 5.39. The minimum atomic E-state index is 0.222. The molecule has 0 bridgehead atoms. The Balaban J connectivity index is 2.31. The zero-order valence-corrected chi connectivity index (χ0v) is 14.4. The van der Waals surface area contributed by atoms with Gasteiger partial charge in [0.1, 0.15) is 5.01 Å². The lowest BCUT2D eigenvalue weighted by atomic mass is 10.0. The average molecular weight is 302 g/mol. The number of aryl methyl sites for hydroxylation is 3. The fraction of sp³-hybridized carbons (Fsp3) is 0.500. The van der Waals surface area contributed by atoms with Crippen LogP contribution in [0, 0.1) is 6.92 Å². The maximum absolute atomic E-state index is 4.86. The quantitative estimate of drug-likeness (QED) is 0.804. The maximum Gasteiger partial charge on any atom is 0.115 e. The first kappa shape index (κ1) is 16.2. The van der Waals surface area contributed by atoms with Gasteiger partial charge in [-0.3, -0.25) is 0 Å². The number of aromatic nitrogens is 1. The molecule has 3 heteroatoms. The van der Waals surface area contributed by atoms with Crippen LogP contribution in [-0.2, 0) is 12.8 Å². The minimum absolute atomic E-state index is 0.222. The molecule has 2 nitrogen and oxygen atoms in total. The Morgan fingerprint density at radius 2 is 1.81 bits per heavy atom. The standard InChI is InChI=1S/C18H26N2S/c1-5-12-19-17(15-10-8-14(6-2)9-11-15)18-20-16(7-3)13(4)21-18/h8-11,17,19H,5-7,12H2,1-4H3. The van der Waals surface area contributed by atoms with Crippen molar-refractivity contribution in [3.8, 4) is 0 Å². The molecule has 114 valence electrons. The Hall–Kier alpha value is -1.19. The molecule has 1 aromatic heterocycles. The smallest absolute Gasteiger partial charge is 0.115 e. The molecule has 1 unspecified atom stereocenters. The molecule has 0 saturated heterocycles. The largest absolute Gasteiger partial charge is 0.304 e. The highest BCUT2D eigenvalue weighted by Gasteiger charge is 2.18. The van der Waals surface area contributed by atoms with Crippen molar-refractivity contribution in [2.45, 2.75) is 53.0 Å². The van der Waals surface area contributed by atoms with Gasteiger partial charge in [0.15, 0.2) is 0 Å². The summed E-state index contributed by atoms with van der Waals surface area (Å²) >= 11 is 1.83. The van der Waals surface area contributed by atoms with Crippen LogP contribution in [0.3, 0.4) is 0 Å². The Kier molecular flexibility index (Phi) is 5.95. The molecule has 21 heavy (non-hydrogen) atoms. The number of nitrogens with one attached hydrogen (secondary N) is 1. The second kappa shape index (κ2) is 7.71. The van der Waals surface area contributed by atoms with Crippen LogP contribution in [-0.4, -0.2) is 11.5 Å². The summed E-state index contributed by atoms with van der Waals surface area (Å²) in [6, 6.07) is 9.18. The molecule has 0 spiro atoms. The molecule has 1 atom stereocenters.